The van der Waals surface area contributed by atoms with Crippen LogP contribution in [0.15, 0.2) is 93.9 Å². The van der Waals surface area contributed by atoms with Crippen molar-refractivity contribution in [2.24, 2.45) is 0 Å². The second-order valence-corrected chi connectivity index (χ2v) is 10.3. The number of carbonyl (C=O) groups excluding carboxylic acids is 2. The highest BCUT2D eigenvalue weighted by Gasteiger charge is 2.07. The number of ether oxygens (including phenoxy) is 1. The second-order valence-electron chi connectivity index (χ2n) is 7.89. The number of hydrogen-bond donors (Lipinski definition) is 1. The average molecular weight is 753 g/mol. The fourth-order valence-electron chi connectivity index (χ4n) is 2.94. The van der Waals surface area contributed by atoms with E-state index < -0.39 is 9.85 Å². The molecule has 0 aliphatic heterocycles. The fraction of sp³-hybridized carbons (Fsp3) is 0.0714. The van der Waals surface area contributed by atoms with Gasteiger partial charge >= 0.3 is 0 Å². The molecule has 10 nitrogen and oxygen atoms in total. The number of nitro groups is 2. The van der Waals surface area contributed by atoms with Crippen molar-refractivity contribution in [2.75, 3.05) is 0 Å². The summed E-state index contributed by atoms with van der Waals surface area (Å²) in [4.78, 5) is 41.0. The number of benzene rings is 4. The Morgan fingerprint density at radius 2 is 1.17 bits per heavy atom. The molecular formula is C28H21Br3N2O8. The lowest BCUT2D eigenvalue weighted by molar-refractivity contribution is -0.385. The number of aldehydes is 2. The number of phenolic OH excluding ortho intramolecular Hbond substituents is 1. The highest BCUT2D eigenvalue weighted by molar-refractivity contribution is 9.10. The van der Waals surface area contributed by atoms with Gasteiger partial charge in [0, 0.05) is 38.5 Å². The zero-order chi connectivity index (χ0) is 30.4. The van der Waals surface area contributed by atoms with Gasteiger partial charge in [-0.2, -0.15) is 0 Å². The molecule has 0 aliphatic carbocycles. The smallest absolute Gasteiger partial charge is 0.269 e. The van der Waals surface area contributed by atoms with Gasteiger partial charge < -0.3 is 9.84 Å². The molecule has 0 bridgehead atoms. The van der Waals surface area contributed by atoms with Crippen LogP contribution in [0.4, 0.5) is 11.4 Å². The van der Waals surface area contributed by atoms with E-state index in [-0.39, 0.29) is 23.7 Å². The first kappa shape index (κ1) is 33.3. The number of carbonyl (C=O) groups is 2. The second kappa shape index (κ2) is 17.0. The molecule has 0 radical (unpaired) electrons. The zero-order valence-electron chi connectivity index (χ0n) is 21.0. The molecule has 1 N–H and O–H groups in total. The number of rotatable bonds is 8. The first-order valence-electron chi connectivity index (χ1n) is 11.4. The standard InChI is InChI=1S/C14H10BrNO4.C7H6BrNO2.C7H5BrO2/c15-12-3-6-14(11(7-12)8-17)20-9-10-1-4-13(5-2-10)16(18)19;8-5-6-1-3-7(4-2-6)9(10)11;8-6-1-2-7(10)5(3-6)4-9/h1-8H,9H2;1-4H,5H2;1-4,10H. The average Bonchev–Trinajstić information content (AvgIpc) is 2.98. The molecule has 4 aromatic carbocycles. The van der Waals surface area contributed by atoms with Crippen LogP contribution in [0.2, 0.25) is 0 Å². The Balaban J connectivity index is 0.000000236. The lowest BCUT2D eigenvalue weighted by Crippen LogP contribution is -1.98. The van der Waals surface area contributed by atoms with Crippen molar-refractivity contribution in [3.63, 3.8) is 0 Å². The van der Waals surface area contributed by atoms with Crippen LogP contribution < -0.4 is 4.74 Å². The third kappa shape index (κ3) is 11.2. The van der Waals surface area contributed by atoms with Crippen molar-refractivity contribution < 1.29 is 29.3 Å². The summed E-state index contributed by atoms with van der Waals surface area (Å²) < 4.78 is 7.13. The maximum absolute atomic E-state index is 10.9. The van der Waals surface area contributed by atoms with Gasteiger partial charge in [0.1, 0.15) is 18.1 Å². The van der Waals surface area contributed by atoms with Crippen LogP contribution in [0, 0.1) is 20.2 Å². The molecule has 13 heteroatoms. The van der Waals surface area contributed by atoms with Gasteiger partial charge in [0.15, 0.2) is 12.6 Å². The van der Waals surface area contributed by atoms with E-state index in [1.807, 2.05) is 0 Å². The summed E-state index contributed by atoms with van der Waals surface area (Å²) in [5.74, 6) is 0.486. The van der Waals surface area contributed by atoms with Crippen LogP contribution in [-0.2, 0) is 11.9 Å². The monoisotopic (exact) mass is 750 g/mol. The molecule has 0 heterocycles. The number of hydrogen-bond acceptors (Lipinski definition) is 8. The molecule has 0 saturated heterocycles. The Morgan fingerprint density at radius 3 is 1.61 bits per heavy atom. The van der Waals surface area contributed by atoms with E-state index in [2.05, 4.69) is 47.8 Å². The van der Waals surface area contributed by atoms with Gasteiger partial charge in [-0.1, -0.05) is 59.9 Å². The van der Waals surface area contributed by atoms with Crippen LogP contribution in [0.25, 0.3) is 0 Å². The highest BCUT2D eigenvalue weighted by atomic mass is 79.9. The van der Waals surface area contributed by atoms with Crippen LogP contribution in [0.1, 0.15) is 31.8 Å². The van der Waals surface area contributed by atoms with Crippen LogP contribution in [-0.4, -0.2) is 27.5 Å². The number of nitrogens with zero attached hydrogens (tertiary/aromatic N) is 2. The van der Waals surface area contributed by atoms with Gasteiger partial charge in [-0.15, -0.1) is 0 Å². The lowest BCUT2D eigenvalue weighted by atomic mass is 10.2. The number of phenols is 1. The Kier molecular flexibility index (Phi) is 13.8. The molecule has 0 fully saturated rings. The van der Waals surface area contributed by atoms with E-state index in [0.717, 1.165) is 31.7 Å². The van der Waals surface area contributed by atoms with Gasteiger partial charge in [-0.05, 0) is 59.7 Å². The third-order valence-electron chi connectivity index (χ3n) is 5.06. The summed E-state index contributed by atoms with van der Waals surface area (Å²) >= 11 is 9.69. The van der Waals surface area contributed by atoms with Crippen molar-refractivity contribution >= 4 is 71.7 Å². The van der Waals surface area contributed by atoms with E-state index in [0.29, 0.717) is 23.2 Å². The molecule has 0 atom stereocenters. The summed E-state index contributed by atoms with van der Waals surface area (Å²) in [6, 6.07) is 22.4. The molecule has 0 saturated carbocycles. The summed E-state index contributed by atoms with van der Waals surface area (Å²) in [7, 11) is 0. The summed E-state index contributed by atoms with van der Waals surface area (Å²) in [6.07, 6.45) is 1.33. The zero-order valence-corrected chi connectivity index (χ0v) is 25.7. The minimum atomic E-state index is -0.455. The van der Waals surface area contributed by atoms with Gasteiger partial charge in [0.25, 0.3) is 11.4 Å². The van der Waals surface area contributed by atoms with Crippen LogP contribution in [0.3, 0.4) is 0 Å². The van der Waals surface area contributed by atoms with E-state index >= 15 is 0 Å². The molecule has 0 aliphatic rings. The Hall–Kier alpha value is -3.94. The quantitative estimate of drug-likeness (QED) is 0.0819. The summed E-state index contributed by atoms with van der Waals surface area (Å²) in [5, 5.41) is 30.4. The molecular weight excluding hydrogens is 732 g/mol. The number of aromatic hydroxyl groups is 1. The first-order chi connectivity index (χ1) is 19.6. The van der Waals surface area contributed by atoms with Crippen molar-refractivity contribution in [1.82, 2.24) is 0 Å². The molecule has 212 valence electrons. The summed E-state index contributed by atoms with van der Waals surface area (Å²) in [6.45, 7) is 0.237. The van der Waals surface area contributed by atoms with Crippen molar-refractivity contribution in [1.29, 1.82) is 0 Å². The van der Waals surface area contributed by atoms with Gasteiger partial charge in [0.05, 0.1) is 21.0 Å². The topological polar surface area (TPSA) is 150 Å². The normalized spacial score (nSPS) is 9.73. The third-order valence-corrected chi connectivity index (χ3v) is 6.69. The first-order valence-corrected chi connectivity index (χ1v) is 14.1. The van der Waals surface area contributed by atoms with E-state index in [4.69, 9.17) is 9.84 Å². The minimum absolute atomic E-state index is 0.0122. The van der Waals surface area contributed by atoms with E-state index in [9.17, 15) is 29.8 Å². The SMILES string of the molecule is O=Cc1cc(Br)ccc1O.O=Cc1cc(Br)ccc1OCc1ccc([N+](=O)[O-])cc1.O=[N+]([O-])c1ccc(CBr)cc1. The molecule has 0 aromatic heterocycles. The Bertz CT molecular complexity index is 1500. The largest absolute Gasteiger partial charge is 0.507 e. The predicted molar refractivity (Wildman–Crippen MR) is 164 cm³/mol. The van der Waals surface area contributed by atoms with Crippen LogP contribution in [0.5, 0.6) is 11.5 Å². The maximum atomic E-state index is 10.9. The molecule has 0 amide bonds. The number of nitro benzene ring substituents is 2. The van der Waals surface area contributed by atoms with Gasteiger partial charge in [-0.3, -0.25) is 29.8 Å². The van der Waals surface area contributed by atoms with Crippen molar-refractivity contribution in [3.8, 4) is 11.5 Å². The Labute approximate surface area is 259 Å². The van der Waals surface area contributed by atoms with Gasteiger partial charge in [-0.25, -0.2) is 0 Å². The fourth-order valence-corrected chi connectivity index (χ4v) is 4.08. The van der Waals surface area contributed by atoms with Gasteiger partial charge in [0.2, 0.25) is 0 Å². The predicted octanol–water partition coefficient (Wildman–Crippen LogP) is 8.21. The highest BCUT2D eigenvalue weighted by Crippen LogP contribution is 2.23. The minimum Gasteiger partial charge on any atom is -0.507 e. The van der Waals surface area contributed by atoms with Crippen molar-refractivity contribution in [3.05, 3.63) is 136 Å². The molecule has 41 heavy (non-hydrogen) atoms. The number of alkyl halides is 1. The molecule has 4 aromatic rings. The number of halogens is 3. The molecule has 4 rings (SSSR count). The molecule has 0 spiro atoms. The molecule has 0 unspecified atom stereocenters. The van der Waals surface area contributed by atoms with Crippen LogP contribution >= 0.6 is 47.8 Å². The van der Waals surface area contributed by atoms with Crippen molar-refractivity contribution in [2.45, 2.75) is 11.9 Å². The number of non-ortho nitro benzene ring substituents is 2. The Morgan fingerprint density at radius 1 is 0.707 bits per heavy atom. The maximum Gasteiger partial charge on any atom is 0.269 e. The lowest BCUT2D eigenvalue weighted by Gasteiger charge is -2.08. The summed E-state index contributed by atoms with van der Waals surface area (Å²) in [5.41, 5.74) is 2.74. The van der Waals surface area contributed by atoms with E-state index in [1.165, 1.54) is 30.3 Å². The van der Waals surface area contributed by atoms with E-state index in [1.54, 1.807) is 54.6 Å².